The van der Waals surface area contributed by atoms with Crippen LogP contribution in [0.3, 0.4) is 0 Å². The summed E-state index contributed by atoms with van der Waals surface area (Å²) in [5.41, 5.74) is 0.900. The predicted octanol–water partition coefficient (Wildman–Crippen LogP) is 2.62. The Labute approximate surface area is 127 Å². The number of ether oxygens (including phenoxy) is 1. The maximum absolute atomic E-state index is 11.5. The number of benzene rings is 1. The number of rotatable bonds is 6. The molecule has 0 aliphatic rings. The van der Waals surface area contributed by atoms with E-state index in [9.17, 15) is 9.59 Å². The van der Waals surface area contributed by atoms with Gasteiger partial charge in [-0.25, -0.2) is 4.79 Å². The van der Waals surface area contributed by atoms with E-state index in [2.05, 4.69) is 5.32 Å². The average molecular weight is 301 g/mol. The van der Waals surface area contributed by atoms with Crippen LogP contribution >= 0.6 is 11.3 Å². The number of esters is 1. The molecule has 21 heavy (non-hydrogen) atoms. The van der Waals surface area contributed by atoms with Crippen molar-refractivity contribution >= 4 is 29.3 Å². The van der Waals surface area contributed by atoms with Crippen molar-refractivity contribution in [3.8, 4) is 0 Å². The van der Waals surface area contributed by atoms with Gasteiger partial charge in [0.15, 0.2) is 6.61 Å². The van der Waals surface area contributed by atoms with Crippen molar-refractivity contribution in [1.82, 2.24) is 5.32 Å². The Kier molecular flexibility index (Phi) is 5.72. The molecule has 5 heteroatoms. The second kappa shape index (κ2) is 8.01. The van der Waals surface area contributed by atoms with Gasteiger partial charge < -0.3 is 10.1 Å². The highest BCUT2D eigenvalue weighted by Gasteiger charge is 2.05. The molecule has 0 fully saturated rings. The predicted molar refractivity (Wildman–Crippen MR) is 82.6 cm³/mol. The van der Waals surface area contributed by atoms with Gasteiger partial charge in [0.05, 0.1) is 6.54 Å². The maximum atomic E-state index is 11.5. The number of hydrogen-bond donors (Lipinski definition) is 1. The summed E-state index contributed by atoms with van der Waals surface area (Å²) < 4.78 is 4.86. The molecule has 0 spiro atoms. The van der Waals surface area contributed by atoms with Crippen LogP contribution in [0.25, 0.3) is 6.08 Å². The van der Waals surface area contributed by atoms with Crippen molar-refractivity contribution in [3.05, 3.63) is 64.4 Å². The molecule has 4 nitrogen and oxygen atoms in total. The van der Waals surface area contributed by atoms with Crippen LogP contribution in [0.4, 0.5) is 0 Å². The summed E-state index contributed by atoms with van der Waals surface area (Å²) in [6, 6.07) is 13.2. The van der Waals surface area contributed by atoms with Crippen LogP contribution in [0.5, 0.6) is 0 Å². The van der Waals surface area contributed by atoms with Crippen molar-refractivity contribution in [2.45, 2.75) is 6.54 Å². The average Bonchev–Trinajstić information content (AvgIpc) is 3.03. The minimum atomic E-state index is -0.537. The molecule has 2 rings (SSSR count). The Balaban J connectivity index is 1.68. The van der Waals surface area contributed by atoms with Gasteiger partial charge in [-0.1, -0.05) is 36.4 Å². The quantitative estimate of drug-likeness (QED) is 0.659. The summed E-state index contributed by atoms with van der Waals surface area (Å²) in [7, 11) is 0. The van der Waals surface area contributed by atoms with E-state index in [1.807, 2.05) is 47.8 Å². The number of amides is 1. The zero-order valence-electron chi connectivity index (χ0n) is 11.3. The molecule has 0 saturated heterocycles. The van der Waals surface area contributed by atoms with Crippen molar-refractivity contribution < 1.29 is 14.3 Å². The summed E-state index contributed by atoms with van der Waals surface area (Å²) in [5.74, 6) is -0.852. The number of carbonyl (C=O) groups is 2. The highest BCUT2D eigenvalue weighted by molar-refractivity contribution is 7.09. The monoisotopic (exact) mass is 301 g/mol. The van der Waals surface area contributed by atoms with Gasteiger partial charge in [-0.3, -0.25) is 4.79 Å². The van der Waals surface area contributed by atoms with Gasteiger partial charge in [-0.05, 0) is 23.1 Å². The molecule has 0 bridgehead atoms. The second-order valence-electron chi connectivity index (χ2n) is 4.21. The zero-order valence-corrected chi connectivity index (χ0v) is 12.1. The van der Waals surface area contributed by atoms with Crippen molar-refractivity contribution in [1.29, 1.82) is 0 Å². The van der Waals surface area contributed by atoms with Crippen LogP contribution in [0.2, 0.25) is 0 Å². The molecule has 1 aromatic heterocycles. The Bertz CT molecular complexity index is 606. The van der Waals surface area contributed by atoms with Crippen LogP contribution in [-0.4, -0.2) is 18.5 Å². The fraction of sp³-hybridized carbons (Fsp3) is 0.125. The van der Waals surface area contributed by atoms with Gasteiger partial charge in [-0.2, -0.15) is 0 Å². The largest absolute Gasteiger partial charge is 0.452 e. The molecule has 1 heterocycles. The fourth-order valence-electron chi connectivity index (χ4n) is 1.56. The van der Waals surface area contributed by atoms with Gasteiger partial charge in [0.2, 0.25) is 0 Å². The van der Waals surface area contributed by atoms with Gasteiger partial charge >= 0.3 is 5.97 Å². The van der Waals surface area contributed by atoms with E-state index in [1.165, 1.54) is 6.08 Å². The standard InChI is InChI=1S/C16H15NO3S/c18-15(17-11-14-7-4-10-21-14)12-20-16(19)9-8-13-5-2-1-3-6-13/h1-10H,11-12H2,(H,17,18). The van der Waals surface area contributed by atoms with Gasteiger partial charge in [-0.15, -0.1) is 11.3 Å². The summed E-state index contributed by atoms with van der Waals surface area (Å²) in [4.78, 5) is 24.0. The Hall–Kier alpha value is -2.40. The lowest BCUT2D eigenvalue weighted by atomic mass is 10.2. The molecule has 1 aromatic carbocycles. The minimum absolute atomic E-state index is 0.274. The van der Waals surface area contributed by atoms with E-state index in [0.29, 0.717) is 6.54 Å². The molecule has 2 aromatic rings. The van der Waals surface area contributed by atoms with Gasteiger partial charge in [0.25, 0.3) is 5.91 Å². The topological polar surface area (TPSA) is 55.4 Å². The smallest absolute Gasteiger partial charge is 0.331 e. The third-order valence-electron chi connectivity index (χ3n) is 2.60. The third kappa shape index (κ3) is 5.62. The van der Waals surface area contributed by atoms with E-state index in [4.69, 9.17) is 4.74 Å². The van der Waals surface area contributed by atoms with Crippen LogP contribution < -0.4 is 5.32 Å². The molecular formula is C16H15NO3S. The summed E-state index contributed by atoms with van der Waals surface area (Å²) in [6.45, 7) is 0.178. The molecule has 0 aliphatic carbocycles. The van der Waals surface area contributed by atoms with E-state index in [1.54, 1.807) is 17.4 Å². The second-order valence-corrected chi connectivity index (χ2v) is 5.24. The SMILES string of the molecule is O=C(COC(=O)C=Cc1ccccc1)NCc1cccs1. The Morgan fingerprint density at radius 2 is 1.95 bits per heavy atom. The number of hydrogen-bond acceptors (Lipinski definition) is 4. The third-order valence-corrected chi connectivity index (χ3v) is 3.47. The van der Waals surface area contributed by atoms with Crippen molar-refractivity contribution in [3.63, 3.8) is 0 Å². The van der Waals surface area contributed by atoms with E-state index >= 15 is 0 Å². The van der Waals surface area contributed by atoms with Crippen LogP contribution in [0.15, 0.2) is 53.9 Å². The molecular weight excluding hydrogens is 286 g/mol. The van der Waals surface area contributed by atoms with Crippen LogP contribution in [0.1, 0.15) is 10.4 Å². The highest BCUT2D eigenvalue weighted by atomic mass is 32.1. The van der Waals surface area contributed by atoms with E-state index in [0.717, 1.165) is 10.4 Å². The zero-order chi connectivity index (χ0) is 14.9. The maximum Gasteiger partial charge on any atom is 0.331 e. The lowest BCUT2D eigenvalue weighted by molar-refractivity contribution is -0.143. The van der Waals surface area contributed by atoms with Crippen LogP contribution in [0, 0.1) is 0 Å². The molecule has 0 saturated carbocycles. The van der Waals surface area contributed by atoms with Gasteiger partial charge in [0.1, 0.15) is 0 Å². The van der Waals surface area contributed by atoms with E-state index in [-0.39, 0.29) is 12.5 Å². The summed E-state index contributed by atoms with van der Waals surface area (Å²) >= 11 is 1.56. The molecule has 1 amide bonds. The highest BCUT2D eigenvalue weighted by Crippen LogP contribution is 2.07. The number of thiophene rings is 1. The van der Waals surface area contributed by atoms with Crippen LogP contribution in [-0.2, 0) is 20.9 Å². The first kappa shape index (κ1) is 15.0. The van der Waals surface area contributed by atoms with E-state index < -0.39 is 5.97 Å². The first-order valence-electron chi connectivity index (χ1n) is 6.43. The lowest BCUT2D eigenvalue weighted by Gasteiger charge is -2.03. The first-order valence-corrected chi connectivity index (χ1v) is 7.31. The Morgan fingerprint density at radius 3 is 2.67 bits per heavy atom. The Morgan fingerprint density at radius 1 is 1.14 bits per heavy atom. The molecule has 0 atom stereocenters. The van der Waals surface area contributed by atoms with Gasteiger partial charge in [0, 0.05) is 11.0 Å². The molecule has 108 valence electrons. The van der Waals surface area contributed by atoms with Crippen molar-refractivity contribution in [2.24, 2.45) is 0 Å². The summed E-state index contributed by atoms with van der Waals surface area (Å²) in [6.07, 6.45) is 2.95. The summed E-state index contributed by atoms with van der Waals surface area (Å²) in [5, 5.41) is 4.62. The van der Waals surface area contributed by atoms with Crippen molar-refractivity contribution in [2.75, 3.05) is 6.61 Å². The number of carbonyl (C=O) groups excluding carboxylic acids is 2. The molecule has 0 aliphatic heterocycles. The minimum Gasteiger partial charge on any atom is -0.452 e. The first-order chi connectivity index (χ1) is 10.2. The lowest BCUT2D eigenvalue weighted by Crippen LogP contribution is -2.27. The number of nitrogens with one attached hydrogen (secondary N) is 1. The molecule has 0 unspecified atom stereocenters. The molecule has 0 radical (unpaired) electrons. The fourth-order valence-corrected chi connectivity index (χ4v) is 2.21. The molecule has 1 N–H and O–H groups in total. The normalized spacial score (nSPS) is 10.5.